The highest BCUT2D eigenvalue weighted by Gasteiger charge is 2.45. The Kier molecular flexibility index (Phi) is 2.98. The molecule has 1 aromatic rings. The number of rotatable bonds is 2. The van der Waals surface area contributed by atoms with Crippen LogP contribution in [0.25, 0.3) is 0 Å². The molecule has 0 aliphatic carbocycles. The zero-order chi connectivity index (χ0) is 12.6. The molecule has 1 aromatic heterocycles. The molecule has 2 atom stereocenters. The van der Waals surface area contributed by atoms with Gasteiger partial charge in [0.1, 0.15) is 0 Å². The summed E-state index contributed by atoms with van der Waals surface area (Å²) in [5, 5.41) is 8.41. The van der Waals surface area contributed by atoms with Crippen LogP contribution >= 0.6 is 0 Å². The van der Waals surface area contributed by atoms with Crippen LogP contribution in [0.15, 0.2) is 12.1 Å². The number of hydrogen-bond acceptors (Lipinski definition) is 4. The molecule has 3 rings (SSSR count). The Morgan fingerprint density at radius 2 is 2.33 bits per heavy atom. The van der Waals surface area contributed by atoms with Crippen molar-refractivity contribution < 1.29 is 4.74 Å². The van der Waals surface area contributed by atoms with Crippen LogP contribution < -0.4 is 4.90 Å². The summed E-state index contributed by atoms with van der Waals surface area (Å²) >= 11 is 0. The molecule has 18 heavy (non-hydrogen) atoms. The van der Waals surface area contributed by atoms with Crippen molar-refractivity contribution in [2.24, 2.45) is 5.92 Å². The van der Waals surface area contributed by atoms with E-state index in [4.69, 9.17) is 4.74 Å². The summed E-state index contributed by atoms with van der Waals surface area (Å²) in [6, 6.07) is 4.09. The minimum atomic E-state index is 0.0905. The first-order valence-corrected chi connectivity index (χ1v) is 6.90. The molecule has 0 amide bonds. The second-order valence-corrected chi connectivity index (χ2v) is 5.68. The molecule has 2 saturated heterocycles. The summed E-state index contributed by atoms with van der Waals surface area (Å²) in [5.74, 6) is 1.73. The lowest BCUT2D eigenvalue weighted by molar-refractivity contribution is 0.0217. The topological polar surface area (TPSA) is 38.2 Å². The van der Waals surface area contributed by atoms with Gasteiger partial charge in [0.2, 0.25) is 0 Å². The molecule has 98 valence electrons. The van der Waals surface area contributed by atoms with Gasteiger partial charge in [-0.2, -0.15) is 5.10 Å². The molecule has 2 fully saturated rings. The van der Waals surface area contributed by atoms with Crippen LogP contribution in [-0.4, -0.2) is 35.5 Å². The number of aryl methyl sites for hydroxylation is 1. The minimum Gasteiger partial charge on any atom is -0.373 e. The van der Waals surface area contributed by atoms with E-state index < -0.39 is 0 Å². The predicted molar refractivity (Wildman–Crippen MR) is 70.7 cm³/mol. The smallest absolute Gasteiger partial charge is 0.151 e. The van der Waals surface area contributed by atoms with Crippen molar-refractivity contribution >= 4 is 5.82 Å². The van der Waals surface area contributed by atoms with Crippen LogP contribution in [0.5, 0.6) is 0 Å². The van der Waals surface area contributed by atoms with E-state index in [1.54, 1.807) is 0 Å². The highest BCUT2D eigenvalue weighted by Crippen LogP contribution is 2.39. The molecular weight excluding hydrogens is 226 g/mol. The Bertz CT molecular complexity index is 420. The number of hydrogen-bond donors (Lipinski definition) is 0. The Balaban J connectivity index is 1.70. The van der Waals surface area contributed by atoms with Gasteiger partial charge in [-0.15, -0.1) is 5.10 Å². The summed E-state index contributed by atoms with van der Waals surface area (Å²) in [6.07, 6.45) is 3.56. The zero-order valence-corrected chi connectivity index (χ0v) is 11.2. The summed E-state index contributed by atoms with van der Waals surface area (Å²) in [4.78, 5) is 2.31. The van der Waals surface area contributed by atoms with E-state index in [1.807, 2.05) is 13.0 Å². The Morgan fingerprint density at radius 1 is 1.44 bits per heavy atom. The van der Waals surface area contributed by atoms with E-state index in [0.717, 1.165) is 43.5 Å². The maximum absolute atomic E-state index is 6.09. The Morgan fingerprint density at radius 3 is 3.00 bits per heavy atom. The molecule has 0 saturated carbocycles. The van der Waals surface area contributed by atoms with Gasteiger partial charge in [0.25, 0.3) is 0 Å². The summed E-state index contributed by atoms with van der Waals surface area (Å²) in [6.45, 7) is 7.17. The van der Waals surface area contributed by atoms with Gasteiger partial charge in [-0.3, -0.25) is 0 Å². The van der Waals surface area contributed by atoms with Gasteiger partial charge in [0.05, 0.1) is 17.9 Å². The molecule has 3 heterocycles. The van der Waals surface area contributed by atoms with Gasteiger partial charge in [-0.1, -0.05) is 13.3 Å². The lowest BCUT2D eigenvalue weighted by Gasteiger charge is -2.23. The number of nitrogens with zero attached hydrogens (tertiary/aromatic N) is 3. The minimum absolute atomic E-state index is 0.0905. The molecule has 4 nitrogen and oxygen atoms in total. The first-order chi connectivity index (χ1) is 8.71. The van der Waals surface area contributed by atoms with Gasteiger partial charge < -0.3 is 9.64 Å². The third-order valence-corrected chi connectivity index (χ3v) is 4.29. The molecule has 2 aliphatic rings. The average molecular weight is 247 g/mol. The van der Waals surface area contributed by atoms with Crippen LogP contribution in [0.1, 0.15) is 31.9 Å². The third-order valence-electron chi connectivity index (χ3n) is 4.29. The molecule has 0 N–H and O–H groups in total. The highest BCUT2D eigenvalue weighted by atomic mass is 16.5. The normalized spacial score (nSPS) is 31.4. The van der Waals surface area contributed by atoms with Gasteiger partial charge >= 0.3 is 0 Å². The molecule has 2 unspecified atom stereocenters. The van der Waals surface area contributed by atoms with Gasteiger partial charge in [-0.05, 0) is 37.8 Å². The fourth-order valence-electron chi connectivity index (χ4n) is 3.09. The number of anilines is 1. The SMILES string of the molecule is CCC1COC2(CCN(c3ccc(C)nn3)C2)C1. The molecule has 1 spiro atoms. The van der Waals surface area contributed by atoms with E-state index in [-0.39, 0.29) is 5.60 Å². The molecule has 0 bridgehead atoms. The average Bonchev–Trinajstić information content (AvgIpc) is 2.98. The van der Waals surface area contributed by atoms with Crippen molar-refractivity contribution in [3.8, 4) is 0 Å². The quantitative estimate of drug-likeness (QED) is 0.803. The lowest BCUT2D eigenvalue weighted by Crippen LogP contribution is -2.33. The van der Waals surface area contributed by atoms with Crippen molar-refractivity contribution in [3.05, 3.63) is 17.8 Å². The van der Waals surface area contributed by atoms with E-state index in [1.165, 1.54) is 12.8 Å². The Labute approximate surface area is 108 Å². The number of aromatic nitrogens is 2. The van der Waals surface area contributed by atoms with Crippen LogP contribution in [0.2, 0.25) is 0 Å². The fraction of sp³-hybridized carbons (Fsp3) is 0.714. The molecule has 0 radical (unpaired) electrons. The molecule has 4 heteroatoms. The van der Waals surface area contributed by atoms with E-state index in [9.17, 15) is 0 Å². The second kappa shape index (κ2) is 4.50. The van der Waals surface area contributed by atoms with Crippen LogP contribution in [0.4, 0.5) is 5.82 Å². The summed E-state index contributed by atoms with van der Waals surface area (Å²) in [7, 11) is 0. The maximum Gasteiger partial charge on any atom is 0.151 e. The van der Waals surface area contributed by atoms with Gasteiger partial charge in [-0.25, -0.2) is 0 Å². The lowest BCUT2D eigenvalue weighted by atomic mass is 9.92. The predicted octanol–water partition coefficient (Wildman–Crippen LogP) is 2.18. The summed E-state index contributed by atoms with van der Waals surface area (Å²) < 4.78 is 6.09. The maximum atomic E-state index is 6.09. The van der Waals surface area contributed by atoms with E-state index >= 15 is 0 Å². The monoisotopic (exact) mass is 247 g/mol. The van der Waals surface area contributed by atoms with Crippen molar-refractivity contribution in [1.82, 2.24) is 10.2 Å². The van der Waals surface area contributed by atoms with Gasteiger partial charge in [0.15, 0.2) is 5.82 Å². The standard InChI is InChI=1S/C14H21N3O/c1-3-12-8-14(18-9-12)6-7-17(10-14)13-5-4-11(2)15-16-13/h4-5,12H,3,6-10H2,1-2H3. The second-order valence-electron chi connectivity index (χ2n) is 5.68. The first-order valence-electron chi connectivity index (χ1n) is 6.90. The van der Waals surface area contributed by atoms with Crippen molar-refractivity contribution in [2.75, 3.05) is 24.6 Å². The molecular formula is C14H21N3O. The van der Waals surface area contributed by atoms with E-state index in [0.29, 0.717) is 0 Å². The van der Waals surface area contributed by atoms with Crippen molar-refractivity contribution in [3.63, 3.8) is 0 Å². The molecule has 0 aromatic carbocycles. The zero-order valence-electron chi connectivity index (χ0n) is 11.2. The number of ether oxygens (including phenoxy) is 1. The van der Waals surface area contributed by atoms with Crippen LogP contribution in [-0.2, 0) is 4.74 Å². The first kappa shape index (κ1) is 11.9. The van der Waals surface area contributed by atoms with E-state index in [2.05, 4.69) is 28.1 Å². The molecule has 2 aliphatic heterocycles. The van der Waals surface area contributed by atoms with Gasteiger partial charge in [0, 0.05) is 13.1 Å². The van der Waals surface area contributed by atoms with Crippen molar-refractivity contribution in [2.45, 2.75) is 38.7 Å². The van der Waals surface area contributed by atoms with Crippen LogP contribution in [0, 0.1) is 12.8 Å². The highest BCUT2D eigenvalue weighted by molar-refractivity contribution is 5.40. The third kappa shape index (κ3) is 2.09. The Hall–Kier alpha value is -1.16. The van der Waals surface area contributed by atoms with Crippen LogP contribution in [0.3, 0.4) is 0 Å². The fourth-order valence-corrected chi connectivity index (χ4v) is 3.09. The summed E-state index contributed by atoms with van der Waals surface area (Å²) in [5.41, 5.74) is 1.06. The van der Waals surface area contributed by atoms with Crippen molar-refractivity contribution in [1.29, 1.82) is 0 Å². The largest absolute Gasteiger partial charge is 0.373 e.